The third kappa shape index (κ3) is 3.46. The first-order valence-corrected chi connectivity index (χ1v) is 9.03. The van der Waals surface area contributed by atoms with Crippen LogP contribution >= 0.6 is 11.3 Å². The number of nitrogens with one attached hydrogen (secondary N) is 1. The fraction of sp³-hybridized carbons (Fsp3) is 0.750. The van der Waals surface area contributed by atoms with Crippen LogP contribution in [0.1, 0.15) is 63.6 Å². The highest BCUT2D eigenvalue weighted by Crippen LogP contribution is 2.42. The Balaban J connectivity index is 1.57. The Morgan fingerprint density at radius 1 is 1.33 bits per heavy atom. The van der Waals surface area contributed by atoms with E-state index in [1.54, 1.807) is 0 Å². The number of aromatic nitrogens is 1. The number of anilines is 1. The van der Waals surface area contributed by atoms with Crippen LogP contribution in [0.2, 0.25) is 0 Å². The molecule has 21 heavy (non-hydrogen) atoms. The first kappa shape index (κ1) is 15.0. The Morgan fingerprint density at radius 2 is 2.10 bits per heavy atom. The lowest BCUT2D eigenvalue weighted by Crippen LogP contribution is -2.33. The molecule has 1 amide bonds. The van der Waals surface area contributed by atoms with Gasteiger partial charge in [-0.05, 0) is 38.0 Å². The van der Waals surface area contributed by atoms with Crippen molar-refractivity contribution in [3.8, 4) is 0 Å². The predicted octanol–water partition coefficient (Wildman–Crippen LogP) is 3.71. The quantitative estimate of drug-likeness (QED) is 0.894. The number of rotatable bonds is 3. The minimum atomic E-state index is -0.0791. The number of carbonyl (C=O) groups is 1. The zero-order chi connectivity index (χ0) is 14.8. The number of nitrogens with two attached hydrogens (primary N) is 1. The maximum Gasteiger partial charge on any atom is 0.229 e. The summed E-state index contributed by atoms with van der Waals surface area (Å²) in [6.07, 6.45) is 8.77. The van der Waals surface area contributed by atoms with E-state index in [0.29, 0.717) is 5.13 Å². The van der Waals surface area contributed by atoms with E-state index in [-0.39, 0.29) is 17.9 Å². The van der Waals surface area contributed by atoms with Crippen molar-refractivity contribution in [2.24, 2.45) is 23.5 Å². The molecule has 1 aromatic heterocycles. The number of carbonyl (C=O) groups excluding carboxylic acids is 1. The van der Waals surface area contributed by atoms with Crippen molar-refractivity contribution in [3.05, 3.63) is 11.1 Å². The molecule has 116 valence electrons. The molecule has 3 N–H and O–H groups in total. The van der Waals surface area contributed by atoms with Gasteiger partial charge < -0.3 is 11.1 Å². The Morgan fingerprint density at radius 3 is 2.81 bits per heavy atom. The van der Waals surface area contributed by atoms with Gasteiger partial charge in [-0.1, -0.05) is 25.7 Å². The van der Waals surface area contributed by atoms with Gasteiger partial charge in [0.2, 0.25) is 5.91 Å². The Bertz CT molecular complexity index is 499. The van der Waals surface area contributed by atoms with Gasteiger partial charge in [-0.15, -0.1) is 11.3 Å². The summed E-state index contributed by atoms with van der Waals surface area (Å²) in [5.74, 6) is 1.99. The number of fused-ring (bicyclic) bond motifs is 1. The number of hydrogen-bond acceptors (Lipinski definition) is 4. The predicted molar refractivity (Wildman–Crippen MR) is 86.1 cm³/mol. The molecule has 2 aliphatic carbocycles. The second kappa shape index (κ2) is 6.44. The molecule has 0 spiro atoms. The van der Waals surface area contributed by atoms with Gasteiger partial charge in [0.05, 0.1) is 5.69 Å². The van der Waals surface area contributed by atoms with E-state index in [0.717, 1.165) is 30.4 Å². The van der Waals surface area contributed by atoms with Gasteiger partial charge in [0.25, 0.3) is 0 Å². The maximum absolute atomic E-state index is 12.4. The van der Waals surface area contributed by atoms with Crippen LogP contribution in [0, 0.1) is 17.8 Å². The molecule has 0 aliphatic heterocycles. The Kier molecular flexibility index (Phi) is 4.60. The van der Waals surface area contributed by atoms with Crippen molar-refractivity contribution < 1.29 is 4.79 Å². The molecule has 5 heteroatoms. The molecule has 1 heterocycles. The fourth-order valence-corrected chi connectivity index (χ4v) is 4.69. The van der Waals surface area contributed by atoms with Gasteiger partial charge >= 0.3 is 0 Å². The highest BCUT2D eigenvalue weighted by atomic mass is 32.1. The highest BCUT2D eigenvalue weighted by Gasteiger charge is 2.35. The van der Waals surface area contributed by atoms with Crippen LogP contribution in [-0.2, 0) is 4.79 Å². The summed E-state index contributed by atoms with van der Waals surface area (Å²) in [4.78, 5) is 16.8. The van der Waals surface area contributed by atoms with Crippen LogP contribution in [0.25, 0.3) is 0 Å². The van der Waals surface area contributed by atoms with Crippen molar-refractivity contribution in [2.45, 2.75) is 57.9 Å². The summed E-state index contributed by atoms with van der Waals surface area (Å²) in [6, 6.07) is -0.0791. The molecule has 2 saturated carbocycles. The van der Waals surface area contributed by atoms with Crippen molar-refractivity contribution in [1.29, 1.82) is 0 Å². The van der Waals surface area contributed by atoms with E-state index in [1.165, 1.54) is 43.4 Å². The molecule has 2 fully saturated rings. The number of thiazole rings is 1. The fourth-order valence-electron chi connectivity index (χ4n) is 3.87. The molecule has 4 unspecified atom stereocenters. The first-order chi connectivity index (χ1) is 10.1. The average molecular weight is 307 g/mol. The third-order valence-electron chi connectivity index (χ3n) is 5.13. The van der Waals surface area contributed by atoms with E-state index in [2.05, 4.69) is 10.3 Å². The topological polar surface area (TPSA) is 68.0 Å². The molecular weight excluding hydrogens is 282 g/mol. The smallest absolute Gasteiger partial charge is 0.229 e. The molecule has 1 aromatic rings. The summed E-state index contributed by atoms with van der Waals surface area (Å²) >= 11 is 1.47. The lowest BCUT2D eigenvalue weighted by molar-refractivity contribution is -0.122. The van der Waals surface area contributed by atoms with Crippen molar-refractivity contribution in [1.82, 2.24) is 4.98 Å². The zero-order valence-corrected chi connectivity index (χ0v) is 13.5. The number of hydrogen-bond donors (Lipinski definition) is 2. The van der Waals surface area contributed by atoms with Gasteiger partial charge in [-0.3, -0.25) is 4.79 Å². The van der Waals surface area contributed by atoms with Gasteiger partial charge in [-0.2, -0.15) is 0 Å². The Hall–Kier alpha value is -0.940. The van der Waals surface area contributed by atoms with Crippen molar-refractivity contribution in [2.75, 3.05) is 5.32 Å². The van der Waals surface area contributed by atoms with Gasteiger partial charge in [-0.25, -0.2) is 4.98 Å². The lowest BCUT2D eigenvalue weighted by Gasteiger charge is -2.38. The van der Waals surface area contributed by atoms with Crippen LogP contribution < -0.4 is 11.1 Å². The largest absolute Gasteiger partial charge is 0.323 e. The molecule has 4 atom stereocenters. The standard InChI is InChI=1S/C16H25N3OS/c1-10(17)14-9-21-16(18-14)19-15(20)13-7-6-11-4-2-3-5-12(11)8-13/h9-13H,2-8,17H2,1H3,(H,18,19,20). The molecule has 4 nitrogen and oxygen atoms in total. The maximum atomic E-state index is 12.4. The summed E-state index contributed by atoms with van der Waals surface area (Å²) in [5, 5.41) is 5.62. The zero-order valence-electron chi connectivity index (χ0n) is 12.7. The number of amides is 1. The van der Waals surface area contributed by atoms with Crippen LogP contribution in [-0.4, -0.2) is 10.9 Å². The van der Waals surface area contributed by atoms with Gasteiger partial charge in [0.15, 0.2) is 5.13 Å². The molecule has 0 saturated heterocycles. The van der Waals surface area contributed by atoms with E-state index in [9.17, 15) is 4.79 Å². The molecule has 2 aliphatic rings. The SMILES string of the molecule is CC(N)c1csc(NC(=O)C2CCC3CCCCC3C2)n1. The molecule has 3 rings (SSSR count). The third-order valence-corrected chi connectivity index (χ3v) is 5.91. The van der Waals surface area contributed by atoms with E-state index in [4.69, 9.17) is 5.73 Å². The molecule has 0 aromatic carbocycles. The van der Waals surface area contributed by atoms with Gasteiger partial charge in [0, 0.05) is 17.3 Å². The summed E-state index contributed by atoms with van der Waals surface area (Å²) in [7, 11) is 0. The van der Waals surface area contributed by atoms with Crippen LogP contribution in [0.5, 0.6) is 0 Å². The minimum absolute atomic E-state index is 0.0791. The van der Waals surface area contributed by atoms with Crippen molar-refractivity contribution in [3.63, 3.8) is 0 Å². The van der Waals surface area contributed by atoms with Crippen LogP contribution in [0.3, 0.4) is 0 Å². The highest BCUT2D eigenvalue weighted by molar-refractivity contribution is 7.13. The molecule has 0 bridgehead atoms. The average Bonchev–Trinajstić information content (AvgIpc) is 2.95. The second-order valence-corrected chi connectivity index (χ2v) is 7.53. The first-order valence-electron chi connectivity index (χ1n) is 8.15. The Labute approximate surface area is 130 Å². The van der Waals surface area contributed by atoms with Gasteiger partial charge in [0.1, 0.15) is 0 Å². The van der Waals surface area contributed by atoms with E-state index < -0.39 is 0 Å². The van der Waals surface area contributed by atoms with E-state index >= 15 is 0 Å². The summed E-state index contributed by atoms with van der Waals surface area (Å²) in [5.41, 5.74) is 6.66. The summed E-state index contributed by atoms with van der Waals surface area (Å²) in [6.45, 7) is 1.91. The molecule has 0 radical (unpaired) electrons. The normalized spacial score (nSPS) is 30.5. The summed E-state index contributed by atoms with van der Waals surface area (Å²) < 4.78 is 0. The molecular formula is C16H25N3OS. The number of nitrogens with zero attached hydrogens (tertiary/aromatic N) is 1. The lowest BCUT2D eigenvalue weighted by atomic mass is 9.67. The second-order valence-electron chi connectivity index (χ2n) is 6.67. The monoisotopic (exact) mass is 307 g/mol. The van der Waals surface area contributed by atoms with Crippen LogP contribution in [0.15, 0.2) is 5.38 Å². The van der Waals surface area contributed by atoms with E-state index in [1.807, 2.05) is 12.3 Å². The minimum Gasteiger partial charge on any atom is -0.323 e. The van der Waals surface area contributed by atoms with Crippen molar-refractivity contribution >= 4 is 22.4 Å². The van der Waals surface area contributed by atoms with Crippen LogP contribution in [0.4, 0.5) is 5.13 Å².